The maximum Gasteiger partial charge on any atom is 0.201 e. The van der Waals surface area contributed by atoms with Gasteiger partial charge >= 0.3 is 0 Å². The second kappa shape index (κ2) is 8.25. The molecule has 2 aromatic rings. The molecular formula is C22H25NO4. The molecule has 0 aromatic heterocycles. The van der Waals surface area contributed by atoms with Gasteiger partial charge in [0, 0.05) is 22.9 Å². The molecule has 0 radical (unpaired) electrons. The lowest BCUT2D eigenvalue weighted by atomic mass is 9.83. The summed E-state index contributed by atoms with van der Waals surface area (Å²) in [5.41, 5.74) is 7.61. The van der Waals surface area contributed by atoms with Crippen LogP contribution in [0, 0.1) is 0 Å². The molecule has 0 unspecified atom stereocenters. The highest BCUT2D eigenvalue weighted by molar-refractivity contribution is 6.30. The van der Waals surface area contributed by atoms with Crippen LogP contribution in [-0.4, -0.2) is 24.8 Å². The first-order chi connectivity index (χ1) is 13.1. The summed E-state index contributed by atoms with van der Waals surface area (Å²) in [5.74, 6) is 0.332. The maximum absolute atomic E-state index is 13.3. The summed E-state index contributed by atoms with van der Waals surface area (Å²) in [5, 5.41) is 0. The largest absolute Gasteiger partial charge is 0.493 e. The summed E-state index contributed by atoms with van der Waals surface area (Å²) in [6, 6.07) is 8.30. The molecule has 5 heteroatoms. The first-order valence-corrected chi connectivity index (χ1v) is 9.50. The highest BCUT2D eigenvalue weighted by Gasteiger charge is 2.35. The summed E-state index contributed by atoms with van der Waals surface area (Å²) in [6.07, 6.45) is 3.69. The van der Waals surface area contributed by atoms with E-state index in [9.17, 15) is 9.59 Å². The third-order valence-corrected chi connectivity index (χ3v) is 4.61. The number of nitrogen functional groups attached to an aromatic ring is 1. The van der Waals surface area contributed by atoms with Crippen LogP contribution in [0.15, 0.2) is 30.3 Å². The van der Waals surface area contributed by atoms with Crippen LogP contribution in [0.2, 0.25) is 0 Å². The van der Waals surface area contributed by atoms with Crippen LogP contribution in [0.25, 0.3) is 0 Å². The molecule has 5 nitrogen and oxygen atoms in total. The summed E-state index contributed by atoms with van der Waals surface area (Å²) < 4.78 is 11.6. The molecule has 2 aromatic carbocycles. The van der Waals surface area contributed by atoms with E-state index in [1.54, 1.807) is 30.3 Å². The van der Waals surface area contributed by atoms with Crippen LogP contribution < -0.4 is 15.2 Å². The number of benzene rings is 2. The number of fused-ring (bicyclic) bond motifs is 2. The topological polar surface area (TPSA) is 78.6 Å². The summed E-state index contributed by atoms with van der Waals surface area (Å²) in [4.78, 5) is 26.4. The fourth-order valence-corrected chi connectivity index (χ4v) is 3.16. The van der Waals surface area contributed by atoms with E-state index in [4.69, 9.17) is 15.2 Å². The van der Waals surface area contributed by atoms with Crippen molar-refractivity contribution in [1.29, 1.82) is 0 Å². The van der Waals surface area contributed by atoms with Crippen LogP contribution in [0.3, 0.4) is 0 Å². The van der Waals surface area contributed by atoms with Gasteiger partial charge in [-0.1, -0.05) is 38.8 Å². The van der Waals surface area contributed by atoms with Gasteiger partial charge in [-0.15, -0.1) is 0 Å². The lowest BCUT2D eigenvalue weighted by molar-refractivity contribution is 0.0972. The molecule has 0 fully saturated rings. The molecule has 0 spiro atoms. The van der Waals surface area contributed by atoms with Gasteiger partial charge < -0.3 is 15.2 Å². The van der Waals surface area contributed by atoms with Gasteiger partial charge in [0.1, 0.15) is 11.5 Å². The molecule has 0 saturated heterocycles. The molecule has 2 N–H and O–H groups in total. The molecule has 0 heterocycles. The Labute approximate surface area is 159 Å². The zero-order valence-electron chi connectivity index (χ0n) is 15.8. The number of unbranched alkanes of at least 4 members (excludes halogenated alkanes) is 2. The molecule has 1 aliphatic carbocycles. The van der Waals surface area contributed by atoms with E-state index in [-0.39, 0.29) is 17.1 Å². The molecule has 0 bridgehead atoms. The number of nitrogens with two attached hydrogens (primary N) is 1. The van der Waals surface area contributed by atoms with Crippen molar-refractivity contribution >= 4 is 17.3 Å². The van der Waals surface area contributed by atoms with E-state index in [2.05, 4.69) is 13.8 Å². The molecular weight excluding hydrogens is 342 g/mol. The Morgan fingerprint density at radius 1 is 0.815 bits per heavy atom. The van der Waals surface area contributed by atoms with Crippen molar-refractivity contribution in [3.63, 3.8) is 0 Å². The molecule has 0 amide bonds. The standard InChI is InChI=1S/C22H25NO4/c1-3-5-10-26-17-9-7-8-15-19(17)22(25)20-16(21(15)24)12-14(23)13-18(20)27-11-6-4-2/h7-9,12-13H,3-6,10-11,23H2,1-2H3. The third-order valence-electron chi connectivity index (χ3n) is 4.61. The Bertz CT molecular complexity index is 873. The van der Waals surface area contributed by atoms with Gasteiger partial charge in [0.2, 0.25) is 5.78 Å². The van der Waals surface area contributed by atoms with Gasteiger partial charge in [0.15, 0.2) is 5.78 Å². The average molecular weight is 367 g/mol. The smallest absolute Gasteiger partial charge is 0.201 e. The minimum atomic E-state index is -0.252. The molecule has 3 rings (SSSR count). The normalized spacial score (nSPS) is 12.5. The Kier molecular flexibility index (Phi) is 5.79. The van der Waals surface area contributed by atoms with E-state index < -0.39 is 0 Å². The average Bonchev–Trinajstić information content (AvgIpc) is 2.66. The van der Waals surface area contributed by atoms with Gasteiger partial charge in [-0.2, -0.15) is 0 Å². The second-order valence-electron chi connectivity index (χ2n) is 6.68. The highest BCUT2D eigenvalue weighted by atomic mass is 16.5. The van der Waals surface area contributed by atoms with Crippen molar-refractivity contribution < 1.29 is 19.1 Å². The SMILES string of the molecule is CCCCOc1cccc2c1C(=O)c1c(OCCCC)cc(N)cc1C2=O. The number of hydrogen-bond donors (Lipinski definition) is 1. The minimum Gasteiger partial charge on any atom is -0.493 e. The van der Waals surface area contributed by atoms with Crippen LogP contribution in [0.1, 0.15) is 71.4 Å². The van der Waals surface area contributed by atoms with Gasteiger partial charge in [0.05, 0.1) is 24.3 Å². The van der Waals surface area contributed by atoms with E-state index in [0.717, 1.165) is 25.7 Å². The molecule has 27 heavy (non-hydrogen) atoms. The fourth-order valence-electron chi connectivity index (χ4n) is 3.16. The number of hydrogen-bond acceptors (Lipinski definition) is 5. The fraction of sp³-hybridized carbons (Fsp3) is 0.364. The van der Waals surface area contributed by atoms with Crippen molar-refractivity contribution in [1.82, 2.24) is 0 Å². The van der Waals surface area contributed by atoms with Gasteiger partial charge in [-0.3, -0.25) is 9.59 Å². The van der Waals surface area contributed by atoms with Crippen molar-refractivity contribution in [3.05, 3.63) is 52.6 Å². The van der Waals surface area contributed by atoms with Crippen molar-refractivity contribution in [2.24, 2.45) is 0 Å². The van der Waals surface area contributed by atoms with E-state index >= 15 is 0 Å². The first-order valence-electron chi connectivity index (χ1n) is 9.50. The van der Waals surface area contributed by atoms with Gasteiger partial charge in [0.25, 0.3) is 0 Å². The number of carbonyl (C=O) groups excluding carboxylic acids is 2. The van der Waals surface area contributed by atoms with E-state index in [1.807, 2.05) is 0 Å². The van der Waals surface area contributed by atoms with Crippen LogP contribution >= 0.6 is 0 Å². The predicted molar refractivity (Wildman–Crippen MR) is 105 cm³/mol. The number of ketones is 2. The van der Waals surface area contributed by atoms with Crippen molar-refractivity contribution in [3.8, 4) is 11.5 Å². The Balaban J connectivity index is 2.06. The molecule has 1 aliphatic rings. The Hall–Kier alpha value is -2.82. The number of ether oxygens (including phenoxy) is 2. The second-order valence-corrected chi connectivity index (χ2v) is 6.68. The lowest BCUT2D eigenvalue weighted by Gasteiger charge is -2.23. The molecule has 0 atom stereocenters. The monoisotopic (exact) mass is 367 g/mol. The van der Waals surface area contributed by atoms with Gasteiger partial charge in [-0.05, 0) is 25.0 Å². The number of carbonyl (C=O) groups is 2. The van der Waals surface area contributed by atoms with Crippen LogP contribution in [0.4, 0.5) is 5.69 Å². The number of rotatable bonds is 8. The van der Waals surface area contributed by atoms with Crippen molar-refractivity contribution in [2.45, 2.75) is 39.5 Å². The molecule has 142 valence electrons. The number of anilines is 1. The van der Waals surface area contributed by atoms with Crippen LogP contribution in [0.5, 0.6) is 11.5 Å². The lowest BCUT2D eigenvalue weighted by Crippen LogP contribution is -2.23. The maximum atomic E-state index is 13.3. The summed E-state index contributed by atoms with van der Waals surface area (Å²) >= 11 is 0. The Morgan fingerprint density at radius 3 is 2.11 bits per heavy atom. The predicted octanol–water partition coefficient (Wildman–Crippen LogP) is 4.40. The zero-order chi connectivity index (χ0) is 19.4. The quantitative estimate of drug-likeness (QED) is 0.471. The molecule has 0 aliphatic heterocycles. The van der Waals surface area contributed by atoms with Crippen LogP contribution in [-0.2, 0) is 0 Å². The van der Waals surface area contributed by atoms with Crippen molar-refractivity contribution in [2.75, 3.05) is 18.9 Å². The van der Waals surface area contributed by atoms with Gasteiger partial charge in [-0.25, -0.2) is 0 Å². The third kappa shape index (κ3) is 3.68. The van der Waals surface area contributed by atoms with E-state index in [0.29, 0.717) is 47.1 Å². The summed E-state index contributed by atoms with van der Waals surface area (Å²) in [7, 11) is 0. The minimum absolute atomic E-state index is 0.229. The zero-order valence-corrected chi connectivity index (χ0v) is 15.8. The first kappa shape index (κ1) is 19.0. The Morgan fingerprint density at radius 2 is 1.44 bits per heavy atom. The molecule has 0 saturated carbocycles. The highest BCUT2D eigenvalue weighted by Crippen LogP contribution is 2.38. The summed E-state index contributed by atoms with van der Waals surface area (Å²) in [6.45, 7) is 5.10. The van der Waals surface area contributed by atoms with E-state index in [1.165, 1.54) is 0 Å².